The standard InChI is InChI=1S/C12H21N3OS/c1-8(2)10(6-13)12(16)14-5-4-11-15-9(3)7-17-11/h7-8,10H,4-6,13H2,1-3H3,(H,14,16). The predicted molar refractivity (Wildman–Crippen MR) is 70.9 cm³/mol. The van der Waals surface area contributed by atoms with E-state index in [0.29, 0.717) is 13.1 Å². The summed E-state index contributed by atoms with van der Waals surface area (Å²) in [6.45, 7) is 7.04. The highest BCUT2D eigenvalue weighted by Crippen LogP contribution is 2.10. The summed E-state index contributed by atoms with van der Waals surface area (Å²) in [6, 6.07) is 0. The third kappa shape index (κ3) is 4.44. The largest absolute Gasteiger partial charge is 0.355 e. The monoisotopic (exact) mass is 255 g/mol. The van der Waals surface area contributed by atoms with Crippen LogP contribution in [-0.4, -0.2) is 24.0 Å². The number of amides is 1. The quantitative estimate of drug-likeness (QED) is 0.806. The van der Waals surface area contributed by atoms with Crippen LogP contribution >= 0.6 is 11.3 Å². The number of hydrogen-bond acceptors (Lipinski definition) is 4. The van der Waals surface area contributed by atoms with Gasteiger partial charge in [-0.2, -0.15) is 0 Å². The molecule has 3 N–H and O–H groups in total. The molecule has 0 aliphatic heterocycles. The number of thiazole rings is 1. The van der Waals surface area contributed by atoms with E-state index in [1.807, 2.05) is 26.2 Å². The number of aryl methyl sites for hydroxylation is 1. The fourth-order valence-electron chi connectivity index (χ4n) is 1.62. The molecule has 0 aliphatic rings. The van der Waals surface area contributed by atoms with E-state index in [1.165, 1.54) is 0 Å². The summed E-state index contributed by atoms with van der Waals surface area (Å²) >= 11 is 1.63. The highest BCUT2D eigenvalue weighted by molar-refractivity contribution is 7.09. The maximum atomic E-state index is 11.8. The van der Waals surface area contributed by atoms with E-state index in [1.54, 1.807) is 11.3 Å². The number of nitrogens with two attached hydrogens (primary N) is 1. The van der Waals surface area contributed by atoms with E-state index in [9.17, 15) is 4.79 Å². The summed E-state index contributed by atoms with van der Waals surface area (Å²) in [4.78, 5) is 16.2. The smallest absolute Gasteiger partial charge is 0.224 e. The van der Waals surface area contributed by atoms with E-state index >= 15 is 0 Å². The van der Waals surface area contributed by atoms with Crippen molar-refractivity contribution in [1.29, 1.82) is 0 Å². The number of rotatable bonds is 6. The highest BCUT2D eigenvalue weighted by Gasteiger charge is 2.19. The molecule has 1 amide bonds. The van der Waals surface area contributed by atoms with Crippen molar-refractivity contribution in [3.05, 3.63) is 16.1 Å². The van der Waals surface area contributed by atoms with Crippen LogP contribution in [0.15, 0.2) is 5.38 Å². The molecule has 1 rings (SSSR count). The van der Waals surface area contributed by atoms with Gasteiger partial charge in [0.25, 0.3) is 0 Å². The Morgan fingerprint density at radius 2 is 2.29 bits per heavy atom. The fraction of sp³-hybridized carbons (Fsp3) is 0.667. The number of nitrogens with zero attached hydrogens (tertiary/aromatic N) is 1. The third-order valence-corrected chi connectivity index (χ3v) is 3.73. The van der Waals surface area contributed by atoms with Crippen molar-refractivity contribution < 1.29 is 4.79 Å². The minimum absolute atomic E-state index is 0.0516. The van der Waals surface area contributed by atoms with Crippen molar-refractivity contribution in [3.63, 3.8) is 0 Å². The van der Waals surface area contributed by atoms with Crippen molar-refractivity contribution >= 4 is 17.2 Å². The first-order valence-corrected chi connectivity index (χ1v) is 6.81. The lowest BCUT2D eigenvalue weighted by Crippen LogP contribution is -2.38. The van der Waals surface area contributed by atoms with Gasteiger partial charge in [0, 0.05) is 30.6 Å². The Kier molecular flexibility index (Phi) is 5.58. The molecule has 0 saturated heterocycles. The number of aromatic nitrogens is 1. The van der Waals surface area contributed by atoms with E-state index in [-0.39, 0.29) is 17.7 Å². The number of nitrogens with one attached hydrogen (secondary N) is 1. The van der Waals surface area contributed by atoms with Crippen LogP contribution in [0.25, 0.3) is 0 Å². The Morgan fingerprint density at radius 1 is 1.59 bits per heavy atom. The van der Waals surface area contributed by atoms with Gasteiger partial charge in [-0.3, -0.25) is 4.79 Å². The SMILES string of the molecule is Cc1csc(CCNC(=O)C(CN)C(C)C)n1. The summed E-state index contributed by atoms with van der Waals surface area (Å²) < 4.78 is 0. The van der Waals surface area contributed by atoms with Crippen LogP contribution < -0.4 is 11.1 Å². The molecular weight excluding hydrogens is 234 g/mol. The molecule has 1 aromatic rings. The first-order chi connectivity index (χ1) is 8.04. The summed E-state index contributed by atoms with van der Waals surface area (Å²) in [7, 11) is 0. The van der Waals surface area contributed by atoms with Gasteiger partial charge < -0.3 is 11.1 Å². The molecule has 1 aromatic heterocycles. The van der Waals surface area contributed by atoms with Crippen LogP contribution in [0.2, 0.25) is 0 Å². The molecule has 17 heavy (non-hydrogen) atoms. The second-order valence-corrected chi connectivity index (χ2v) is 5.45. The molecule has 1 atom stereocenters. The first-order valence-electron chi connectivity index (χ1n) is 5.93. The lowest BCUT2D eigenvalue weighted by atomic mass is 9.95. The zero-order chi connectivity index (χ0) is 12.8. The van der Waals surface area contributed by atoms with Gasteiger partial charge in [0.1, 0.15) is 0 Å². The van der Waals surface area contributed by atoms with Gasteiger partial charge >= 0.3 is 0 Å². The van der Waals surface area contributed by atoms with Crippen molar-refractivity contribution in [2.24, 2.45) is 17.6 Å². The molecule has 1 heterocycles. The van der Waals surface area contributed by atoms with Crippen LogP contribution in [0.1, 0.15) is 24.5 Å². The van der Waals surface area contributed by atoms with Crippen molar-refractivity contribution in [2.45, 2.75) is 27.2 Å². The minimum Gasteiger partial charge on any atom is -0.355 e. The summed E-state index contributed by atoms with van der Waals surface area (Å²) in [5, 5.41) is 6.01. The van der Waals surface area contributed by atoms with Gasteiger partial charge in [0.2, 0.25) is 5.91 Å². The van der Waals surface area contributed by atoms with Crippen LogP contribution in [0, 0.1) is 18.8 Å². The van der Waals surface area contributed by atoms with E-state index in [2.05, 4.69) is 10.3 Å². The fourth-order valence-corrected chi connectivity index (χ4v) is 2.40. The summed E-state index contributed by atoms with van der Waals surface area (Å²) in [5.74, 6) is 0.242. The van der Waals surface area contributed by atoms with Gasteiger partial charge in [-0.15, -0.1) is 11.3 Å². The average molecular weight is 255 g/mol. The van der Waals surface area contributed by atoms with E-state index in [0.717, 1.165) is 17.1 Å². The van der Waals surface area contributed by atoms with Gasteiger partial charge in [0.15, 0.2) is 0 Å². The Labute approximate surface area is 107 Å². The predicted octanol–water partition coefficient (Wildman–Crippen LogP) is 1.34. The van der Waals surface area contributed by atoms with Crippen molar-refractivity contribution in [3.8, 4) is 0 Å². The van der Waals surface area contributed by atoms with Gasteiger partial charge in [-0.05, 0) is 12.8 Å². The number of carbonyl (C=O) groups excluding carboxylic acids is 1. The maximum absolute atomic E-state index is 11.8. The minimum atomic E-state index is -0.0898. The molecule has 0 bridgehead atoms. The first kappa shape index (κ1) is 14.1. The zero-order valence-electron chi connectivity index (χ0n) is 10.7. The van der Waals surface area contributed by atoms with E-state index < -0.39 is 0 Å². The molecule has 0 radical (unpaired) electrons. The Morgan fingerprint density at radius 3 is 2.76 bits per heavy atom. The van der Waals surface area contributed by atoms with Gasteiger partial charge in [-0.25, -0.2) is 4.98 Å². The molecule has 0 aromatic carbocycles. The zero-order valence-corrected chi connectivity index (χ0v) is 11.5. The molecule has 1 unspecified atom stereocenters. The third-order valence-electron chi connectivity index (χ3n) is 2.70. The molecule has 0 aliphatic carbocycles. The second kappa shape index (κ2) is 6.71. The highest BCUT2D eigenvalue weighted by atomic mass is 32.1. The molecule has 5 heteroatoms. The second-order valence-electron chi connectivity index (χ2n) is 4.51. The van der Waals surface area contributed by atoms with Crippen LogP contribution in [0.4, 0.5) is 0 Å². The Hall–Kier alpha value is -0.940. The number of hydrogen-bond donors (Lipinski definition) is 2. The van der Waals surface area contributed by atoms with Crippen LogP contribution in [-0.2, 0) is 11.2 Å². The lowest BCUT2D eigenvalue weighted by molar-refractivity contribution is -0.125. The van der Waals surface area contributed by atoms with Crippen LogP contribution in [0.3, 0.4) is 0 Å². The average Bonchev–Trinajstić information content (AvgIpc) is 2.64. The molecule has 0 saturated carbocycles. The molecule has 96 valence electrons. The summed E-state index contributed by atoms with van der Waals surface area (Å²) in [6.07, 6.45) is 0.791. The lowest BCUT2D eigenvalue weighted by Gasteiger charge is -2.17. The van der Waals surface area contributed by atoms with Crippen molar-refractivity contribution in [1.82, 2.24) is 10.3 Å². The number of carbonyl (C=O) groups is 1. The molecular formula is C12H21N3OS. The normalized spacial score (nSPS) is 12.8. The van der Waals surface area contributed by atoms with Crippen molar-refractivity contribution in [2.75, 3.05) is 13.1 Å². The van der Waals surface area contributed by atoms with E-state index in [4.69, 9.17) is 5.73 Å². The maximum Gasteiger partial charge on any atom is 0.224 e. The molecule has 0 spiro atoms. The Bertz CT molecular complexity index is 362. The Balaban J connectivity index is 2.33. The topological polar surface area (TPSA) is 68.0 Å². The summed E-state index contributed by atoms with van der Waals surface area (Å²) in [5.41, 5.74) is 6.63. The molecule has 0 fully saturated rings. The van der Waals surface area contributed by atoms with Gasteiger partial charge in [-0.1, -0.05) is 13.8 Å². The molecule has 4 nitrogen and oxygen atoms in total. The van der Waals surface area contributed by atoms with Crippen LogP contribution in [0.5, 0.6) is 0 Å². The van der Waals surface area contributed by atoms with Gasteiger partial charge in [0.05, 0.1) is 10.9 Å².